The molecule has 0 fully saturated rings. The van der Waals surface area contributed by atoms with Crippen LogP contribution in [0.1, 0.15) is 52.0 Å². The second-order valence-electron chi connectivity index (χ2n) is 6.14. The number of hydrogen-bond donors (Lipinski definition) is 1. The number of rotatable bonds is 8. The molecule has 0 atom stereocenters. The van der Waals surface area contributed by atoms with Crippen LogP contribution in [0.3, 0.4) is 0 Å². The second kappa shape index (κ2) is 8.21. The Labute approximate surface area is 118 Å². The van der Waals surface area contributed by atoms with Gasteiger partial charge in [0.25, 0.3) is 0 Å². The topological polar surface area (TPSA) is 21.3 Å². The molecule has 108 valence electrons. The zero-order valence-electron chi connectivity index (χ0n) is 13.0. The Morgan fingerprint density at radius 2 is 1.79 bits per heavy atom. The first-order valence-corrected chi connectivity index (χ1v) is 7.42. The Morgan fingerprint density at radius 1 is 1.05 bits per heavy atom. The van der Waals surface area contributed by atoms with E-state index in [1.54, 1.807) is 0 Å². The summed E-state index contributed by atoms with van der Waals surface area (Å²) in [5, 5.41) is 3.17. The van der Waals surface area contributed by atoms with Crippen molar-refractivity contribution in [3.8, 4) is 5.75 Å². The van der Waals surface area contributed by atoms with Gasteiger partial charge in [-0.3, -0.25) is 0 Å². The molecule has 19 heavy (non-hydrogen) atoms. The van der Waals surface area contributed by atoms with Gasteiger partial charge in [-0.25, -0.2) is 0 Å². The van der Waals surface area contributed by atoms with Gasteiger partial charge in [0.1, 0.15) is 5.75 Å². The molecule has 0 amide bonds. The average molecular weight is 263 g/mol. The molecular formula is C17H29NO. The van der Waals surface area contributed by atoms with E-state index < -0.39 is 0 Å². The van der Waals surface area contributed by atoms with E-state index in [1.165, 1.54) is 24.8 Å². The zero-order valence-corrected chi connectivity index (χ0v) is 13.0. The smallest absolute Gasteiger partial charge is 0.119 e. The van der Waals surface area contributed by atoms with Crippen molar-refractivity contribution in [1.29, 1.82) is 0 Å². The van der Waals surface area contributed by atoms with Gasteiger partial charge in [0, 0.05) is 0 Å². The molecular weight excluding hydrogens is 234 g/mol. The minimum Gasteiger partial charge on any atom is -0.494 e. The van der Waals surface area contributed by atoms with E-state index in [2.05, 4.69) is 50.4 Å². The molecule has 0 aliphatic carbocycles. The van der Waals surface area contributed by atoms with Crippen molar-refractivity contribution >= 4 is 0 Å². The molecule has 1 N–H and O–H groups in total. The molecule has 0 aliphatic rings. The van der Waals surface area contributed by atoms with Crippen molar-refractivity contribution in [3.63, 3.8) is 0 Å². The van der Waals surface area contributed by atoms with Crippen LogP contribution in [0.2, 0.25) is 0 Å². The van der Waals surface area contributed by atoms with Crippen molar-refractivity contribution in [2.24, 2.45) is 0 Å². The first-order valence-electron chi connectivity index (χ1n) is 7.42. The summed E-state index contributed by atoms with van der Waals surface area (Å²) in [4.78, 5) is 0. The summed E-state index contributed by atoms with van der Waals surface area (Å²) in [6.07, 6.45) is 4.94. The average Bonchev–Trinajstić information content (AvgIpc) is 2.37. The summed E-state index contributed by atoms with van der Waals surface area (Å²) in [7, 11) is 2.01. The minimum absolute atomic E-state index is 0.187. The quantitative estimate of drug-likeness (QED) is 0.712. The van der Waals surface area contributed by atoms with E-state index in [0.29, 0.717) is 0 Å². The number of unbranched alkanes of at least 4 members (excludes halogenated alkanes) is 3. The summed E-state index contributed by atoms with van der Waals surface area (Å²) in [5.41, 5.74) is 1.52. The molecule has 0 heterocycles. The predicted octanol–water partition coefficient (Wildman–Crippen LogP) is 4.14. The fourth-order valence-electron chi connectivity index (χ4n) is 2.00. The van der Waals surface area contributed by atoms with E-state index in [1.807, 2.05) is 7.05 Å². The number of ether oxygens (including phenoxy) is 1. The highest BCUT2D eigenvalue weighted by Crippen LogP contribution is 2.25. The molecule has 1 rings (SSSR count). The van der Waals surface area contributed by atoms with Crippen LogP contribution in [-0.2, 0) is 5.41 Å². The van der Waals surface area contributed by atoms with Crippen molar-refractivity contribution < 1.29 is 4.74 Å². The van der Waals surface area contributed by atoms with Gasteiger partial charge < -0.3 is 10.1 Å². The lowest BCUT2D eigenvalue weighted by Gasteiger charge is -2.19. The molecule has 0 spiro atoms. The Balaban J connectivity index is 2.26. The predicted molar refractivity (Wildman–Crippen MR) is 83.0 cm³/mol. The molecule has 1 aromatic rings. The van der Waals surface area contributed by atoms with Gasteiger partial charge in [-0.2, -0.15) is 0 Å². The third-order valence-corrected chi connectivity index (χ3v) is 3.29. The van der Waals surface area contributed by atoms with Crippen LogP contribution in [0, 0.1) is 0 Å². The lowest BCUT2D eigenvalue weighted by Crippen LogP contribution is -2.11. The van der Waals surface area contributed by atoms with Gasteiger partial charge in [0.2, 0.25) is 0 Å². The number of nitrogens with one attached hydrogen (secondary N) is 1. The summed E-state index contributed by atoms with van der Waals surface area (Å²) in [6, 6.07) is 8.48. The van der Waals surface area contributed by atoms with Gasteiger partial charge in [-0.15, -0.1) is 0 Å². The molecule has 0 radical (unpaired) electrons. The van der Waals surface area contributed by atoms with E-state index >= 15 is 0 Å². The highest BCUT2D eigenvalue weighted by atomic mass is 16.5. The highest BCUT2D eigenvalue weighted by molar-refractivity contribution is 5.32. The van der Waals surface area contributed by atoms with Crippen LogP contribution in [0.5, 0.6) is 5.75 Å². The molecule has 2 nitrogen and oxygen atoms in total. The largest absolute Gasteiger partial charge is 0.494 e. The molecule has 0 saturated heterocycles. The van der Waals surface area contributed by atoms with Crippen LogP contribution >= 0.6 is 0 Å². The van der Waals surface area contributed by atoms with Crippen molar-refractivity contribution in [2.45, 2.75) is 51.9 Å². The standard InChI is InChI=1S/C17H29NO/c1-17(2,3)15-10-9-11-16(14-15)19-13-8-6-5-7-12-18-4/h9-11,14,18H,5-8,12-13H2,1-4H3. The van der Waals surface area contributed by atoms with Crippen molar-refractivity contribution in [1.82, 2.24) is 5.32 Å². The molecule has 0 saturated carbocycles. The molecule has 0 aliphatic heterocycles. The van der Waals surface area contributed by atoms with Gasteiger partial charge in [-0.05, 0) is 49.5 Å². The maximum Gasteiger partial charge on any atom is 0.119 e. The molecule has 0 unspecified atom stereocenters. The Bertz CT molecular complexity index is 355. The summed E-state index contributed by atoms with van der Waals surface area (Å²) >= 11 is 0. The highest BCUT2D eigenvalue weighted by Gasteiger charge is 2.13. The van der Waals surface area contributed by atoms with Crippen molar-refractivity contribution in [2.75, 3.05) is 20.2 Å². The van der Waals surface area contributed by atoms with Gasteiger partial charge in [0.05, 0.1) is 6.61 Å². The Hall–Kier alpha value is -1.02. The zero-order chi connectivity index (χ0) is 14.1. The van der Waals surface area contributed by atoms with Gasteiger partial charge in [-0.1, -0.05) is 45.7 Å². The number of hydrogen-bond acceptors (Lipinski definition) is 2. The Morgan fingerprint density at radius 3 is 2.47 bits per heavy atom. The normalized spacial score (nSPS) is 11.6. The second-order valence-corrected chi connectivity index (χ2v) is 6.14. The van der Waals surface area contributed by atoms with Crippen LogP contribution in [0.15, 0.2) is 24.3 Å². The lowest BCUT2D eigenvalue weighted by atomic mass is 9.87. The van der Waals surface area contributed by atoms with Gasteiger partial charge in [0.15, 0.2) is 0 Å². The summed E-state index contributed by atoms with van der Waals surface area (Å²) < 4.78 is 5.83. The van der Waals surface area contributed by atoms with E-state index in [-0.39, 0.29) is 5.41 Å². The van der Waals surface area contributed by atoms with E-state index in [9.17, 15) is 0 Å². The van der Waals surface area contributed by atoms with Gasteiger partial charge >= 0.3 is 0 Å². The van der Waals surface area contributed by atoms with Crippen LogP contribution in [-0.4, -0.2) is 20.2 Å². The van der Waals surface area contributed by atoms with Crippen LogP contribution in [0.4, 0.5) is 0 Å². The minimum atomic E-state index is 0.187. The first kappa shape index (κ1) is 16.0. The molecule has 0 aromatic heterocycles. The fourth-order valence-corrected chi connectivity index (χ4v) is 2.00. The monoisotopic (exact) mass is 263 g/mol. The van der Waals surface area contributed by atoms with E-state index in [4.69, 9.17) is 4.74 Å². The van der Waals surface area contributed by atoms with Crippen LogP contribution in [0.25, 0.3) is 0 Å². The maximum atomic E-state index is 5.83. The molecule has 2 heteroatoms. The SMILES string of the molecule is CNCCCCCCOc1cccc(C(C)(C)C)c1. The fraction of sp³-hybridized carbons (Fsp3) is 0.647. The lowest BCUT2D eigenvalue weighted by molar-refractivity contribution is 0.304. The van der Waals surface area contributed by atoms with Crippen molar-refractivity contribution in [3.05, 3.63) is 29.8 Å². The molecule has 1 aromatic carbocycles. The van der Waals surface area contributed by atoms with Crippen LogP contribution < -0.4 is 10.1 Å². The first-order chi connectivity index (χ1) is 9.04. The molecule has 0 bridgehead atoms. The summed E-state index contributed by atoms with van der Waals surface area (Å²) in [6.45, 7) is 8.64. The van der Waals surface area contributed by atoms with E-state index in [0.717, 1.165) is 25.3 Å². The third kappa shape index (κ3) is 6.63. The third-order valence-electron chi connectivity index (χ3n) is 3.29. The number of benzene rings is 1. The Kier molecular flexibility index (Phi) is 6.93. The maximum absolute atomic E-state index is 5.83. The summed E-state index contributed by atoms with van der Waals surface area (Å²) in [5.74, 6) is 1.00.